The standard InChI is InChI=1S/C15H16BrFN2S/c1-3-18-10(2)12-5-4-6-13(17)15(12)20-14-8-7-11(16)9-19-14/h4-10,18H,3H2,1-2H3. The molecular formula is C15H16BrFN2S. The molecule has 5 heteroatoms. The zero-order valence-electron chi connectivity index (χ0n) is 11.4. The first-order valence-corrected chi connectivity index (χ1v) is 8.04. The van der Waals surface area contributed by atoms with Crippen molar-refractivity contribution in [3.63, 3.8) is 0 Å². The van der Waals surface area contributed by atoms with Crippen molar-refractivity contribution in [2.75, 3.05) is 6.54 Å². The molecule has 0 aliphatic rings. The molecule has 0 aliphatic heterocycles. The molecule has 0 radical (unpaired) electrons. The number of benzene rings is 1. The van der Waals surface area contributed by atoms with Gasteiger partial charge >= 0.3 is 0 Å². The third-order valence-corrected chi connectivity index (χ3v) is 4.44. The Bertz CT molecular complexity index is 575. The summed E-state index contributed by atoms with van der Waals surface area (Å²) in [6.45, 7) is 4.93. The summed E-state index contributed by atoms with van der Waals surface area (Å²) < 4.78 is 15.0. The Morgan fingerprint density at radius 2 is 2.15 bits per heavy atom. The lowest BCUT2D eigenvalue weighted by Gasteiger charge is -2.17. The van der Waals surface area contributed by atoms with Gasteiger partial charge in [-0.15, -0.1) is 0 Å². The molecule has 0 amide bonds. The van der Waals surface area contributed by atoms with Gasteiger partial charge in [-0.25, -0.2) is 9.37 Å². The highest BCUT2D eigenvalue weighted by Crippen LogP contribution is 2.34. The van der Waals surface area contributed by atoms with E-state index in [0.717, 1.165) is 21.6 Å². The normalized spacial score (nSPS) is 12.4. The Balaban J connectivity index is 2.32. The molecule has 1 aromatic carbocycles. The van der Waals surface area contributed by atoms with Gasteiger partial charge in [0.25, 0.3) is 0 Å². The van der Waals surface area contributed by atoms with Crippen molar-refractivity contribution in [2.24, 2.45) is 0 Å². The number of hydrogen-bond donors (Lipinski definition) is 1. The van der Waals surface area contributed by atoms with Crippen LogP contribution in [0.2, 0.25) is 0 Å². The quantitative estimate of drug-likeness (QED) is 0.834. The molecule has 1 atom stereocenters. The minimum atomic E-state index is -0.207. The van der Waals surface area contributed by atoms with Crippen molar-refractivity contribution in [1.82, 2.24) is 10.3 Å². The largest absolute Gasteiger partial charge is 0.310 e. The number of halogens is 2. The van der Waals surface area contributed by atoms with Crippen LogP contribution in [-0.4, -0.2) is 11.5 Å². The van der Waals surface area contributed by atoms with Gasteiger partial charge in [0.1, 0.15) is 10.8 Å². The fourth-order valence-electron chi connectivity index (χ4n) is 1.92. The van der Waals surface area contributed by atoms with Crippen LogP contribution in [0, 0.1) is 5.82 Å². The fourth-order valence-corrected chi connectivity index (χ4v) is 3.13. The molecule has 1 heterocycles. The smallest absolute Gasteiger partial charge is 0.137 e. The first-order chi connectivity index (χ1) is 9.61. The van der Waals surface area contributed by atoms with E-state index in [-0.39, 0.29) is 11.9 Å². The Labute approximate surface area is 131 Å². The molecule has 1 aromatic heterocycles. The highest BCUT2D eigenvalue weighted by molar-refractivity contribution is 9.10. The molecule has 106 valence electrons. The molecule has 20 heavy (non-hydrogen) atoms. The van der Waals surface area contributed by atoms with Crippen LogP contribution in [-0.2, 0) is 0 Å². The molecule has 2 rings (SSSR count). The number of pyridine rings is 1. The van der Waals surface area contributed by atoms with E-state index in [4.69, 9.17) is 0 Å². The summed E-state index contributed by atoms with van der Waals surface area (Å²) in [7, 11) is 0. The molecule has 1 unspecified atom stereocenters. The third kappa shape index (κ3) is 3.81. The zero-order chi connectivity index (χ0) is 14.5. The SMILES string of the molecule is CCNC(C)c1cccc(F)c1Sc1ccc(Br)cn1. The predicted octanol–water partition coefficient (Wildman–Crippen LogP) is 4.80. The summed E-state index contributed by atoms with van der Waals surface area (Å²) in [6.07, 6.45) is 1.72. The van der Waals surface area contributed by atoms with Gasteiger partial charge in [0.15, 0.2) is 0 Å². The maximum atomic E-state index is 14.1. The van der Waals surface area contributed by atoms with E-state index in [9.17, 15) is 4.39 Å². The van der Waals surface area contributed by atoms with Gasteiger partial charge in [-0.1, -0.05) is 30.8 Å². The van der Waals surface area contributed by atoms with E-state index in [0.29, 0.717) is 4.90 Å². The van der Waals surface area contributed by atoms with Gasteiger partial charge in [-0.05, 0) is 53.2 Å². The molecular weight excluding hydrogens is 339 g/mol. The van der Waals surface area contributed by atoms with E-state index in [1.54, 1.807) is 12.3 Å². The molecule has 2 nitrogen and oxygen atoms in total. The number of nitrogens with zero attached hydrogens (tertiary/aromatic N) is 1. The zero-order valence-corrected chi connectivity index (χ0v) is 13.8. The van der Waals surface area contributed by atoms with Gasteiger partial charge in [0, 0.05) is 16.7 Å². The Morgan fingerprint density at radius 1 is 1.35 bits per heavy atom. The average molecular weight is 355 g/mol. The van der Waals surface area contributed by atoms with Crippen LogP contribution < -0.4 is 5.32 Å². The van der Waals surface area contributed by atoms with Crippen molar-refractivity contribution >= 4 is 27.7 Å². The van der Waals surface area contributed by atoms with Crippen LogP contribution in [0.15, 0.2) is 50.9 Å². The van der Waals surface area contributed by atoms with Gasteiger partial charge in [0.2, 0.25) is 0 Å². The predicted molar refractivity (Wildman–Crippen MR) is 84.6 cm³/mol. The Hall–Kier alpha value is -0.910. The van der Waals surface area contributed by atoms with Crippen molar-refractivity contribution in [3.05, 3.63) is 52.4 Å². The maximum absolute atomic E-state index is 14.1. The van der Waals surface area contributed by atoms with Crippen molar-refractivity contribution in [2.45, 2.75) is 29.8 Å². The Kier molecular flexibility index (Phi) is 5.57. The van der Waals surface area contributed by atoms with Gasteiger partial charge in [0.05, 0.1) is 4.90 Å². The van der Waals surface area contributed by atoms with Gasteiger partial charge in [-0.3, -0.25) is 0 Å². The van der Waals surface area contributed by atoms with Crippen LogP contribution in [0.3, 0.4) is 0 Å². The topological polar surface area (TPSA) is 24.9 Å². The van der Waals surface area contributed by atoms with E-state index < -0.39 is 0 Å². The summed E-state index contributed by atoms with van der Waals surface area (Å²) in [5.74, 6) is -0.207. The second-order valence-electron chi connectivity index (χ2n) is 4.35. The van der Waals surface area contributed by atoms with E-state index in [2.05, 4.69) is 26.2 Å². The molecule has 0 saturated heterocycles. The van der Waals surface area contributed by atoms with Crippen LogP contribution in [0.4, 0.5) is 4.39 Å². The molecule has 0 aliphatic carbocycles. The number of aromatic nitrogens is 1. The minimum absolute atomic E-state index is 0.105. The first kappa shape index (κ1) is 15.5. The number of nitrogens with one attached hydrogen (secondary N) is 1. The molecule has 1 N–H and O–H groups in total. The maximum Gasteiger partial charge on any atom is 0.137 e. The Morgan fingerprint density at radius 3 is 2.80 bits per heavy atom. The highest BCUT2D eigenvalue weighted by Gasteiger charge is 2.15. The van der Waals surface area contributed by atoms with Gasteiger partial charge in [-0.2, -0.15) is 0 Å². The minimum Gasteiger partial charge on any atom is -0.310 e. The summed E-state index contributed by atoms with van der Waals surface area (Å²) in [4.78, 5) is 4.93. The average Bonchev–Trinajstić information content (AvgIpc) is 2.43. The van der Waals surface area contributed by atoms with Crippen molar-refractivity contribution in [3.8, 4) is 0 Å². The molecule has 0 fully saturated rings. The monoisotopic (exact) mass is 354 g/mol. The fraction of sp³-hybridized carbons (Fsp3) is 0.267. The van der Waals surface area contributed by atoms with E-state index >= 15 is 0 Å². The lowest BCUT2D eigenvalue weighted by Crippen LogP contribution is -2.18. The van der Waals surface area contributed by atoms with E-state index in [1.165, 1.54) is 17.8 Å². The van der Waals surface area contributed by atoms with E-state index in [1.807, 2.05) is 32.0 Å². The van der Waals surface area contributed by atoms with Crippen LogP contribution in [0.5, 0.6) is 0 Å². The first-order valence-electron chi connectivity index (χ1n) is 6.43. The van der Waals surface area contributed by atoms with Gasteiger partial charge < -0.3 is 5.32 Å². The number of hydrogen-bond acceptors (Lipinski definition) is 3. The lowest BCUT2D eigenvalue weighted by molar-refractivity contribution is 0.558. The van der Waals surface area contributed by atoms with Crippen molar-refractivity contribution in [1.29, 1.82) is 0 Å². The lowest BCUT2D eigenvalue weighted by atomic mass is 10.1. The molecule has 0 spiro atoms. The number of rotatable bonds is 5. The van der Waals surface area contributed by atoms with Crippen LogP contribution in [0.1, 0.15) is 25.5 Å². The summed E-state index contributed by atoms with van der Waals surface area (Å²) in [6, 6.07) is 9.08. The van der Waals surface area contributed by atoms with Crippen LogP contribution >= 0.6 is 27.7 Å². The molecule has 2 aromatic rings. The highest BCUT2D eigenvalue weighted by atomic mass is 79.9. The van der Waals surface area contributed by atoms with Crippen LogP contribution in [0.25, 0.3) is 0 Å². The van der Waals surface area contributed by atoms with Crippen molar-refractivity contribution < 1.29 is 4.39 Å². The third-order valence-electron chi connectivity index (χ3n) is 2.88. The summed E-state index contributed by atoms with van der Waals surface area (Å²) >= 11 is 4.70. The molecule has 0 bridgehead atoms. The molecule has 0 saturated carbocycles. The summed E-state index contributed by atoms with van der Waals surface area (Å²) in [5, 5.41) is 4.10. The summed E-state index contributed by atoms with van der Waals surface area (Å²) in [5.41, 5.74) is 0.960. The second kappa shape index (κ2) is 7.20. The second-order valence-corrected chi connectivity index (χ2v) is 6.30.